The van der Waals surface area contributed by atoms with Gasteiger partial charge in [-0.1, -0.05) is 182 Å². The van der Waals surface area contributed by atoms with Crippen LogP contribution in [0.15, 0.2) is 0 Å². The van der Waals surface area contributed by atoms with Crippen LogP contribution in [0.5, 0.6) is 0 Å². The zero-order chi connectivity index (χ0) is 38.6. The largest absolute Gasteiger partial charge is 2.00 e. The van der Waals surface area contributed by atoms with Crippen LogP contribution in [-0.4, -0.2) is 98.7 Å². The van der Waals surface area contributed by atoms with Gasteiger partial charge in [0.1, 0.15) is 0 Å². The minimum Gasteiger partial charge on any atom is -0.550 e. The second-order valence-electron chi connectivity index (χ2n) is 15.8. The van der Waals surface area contributed by atoms with Crippen LogP contribution < -0.4 is 10.2 Å². The van der Waals surface area contributed by atoms with Gasteiger partial charge in [-0.05, 0) is 103 Å². The normalized spacial score (nSPS) is 11.1. The first-order valence-electron chi connectivity index (χ1n) is 23.2. The molecule has 0 unspecified atom stereocenters. The van der Waals surface area contributed by atoms with Gasteiger partial charge in [0, 0.05) is 11.9 Å². The fourth-order valence-electron chi connectivity index (χ4n) is 7.05. The molecule has 0 aromatic carbocycles. The molecular formula is C46H92CaN2O4. The van der Waals surface area contributed by atoms with Crippen molar-refractivity contribution < 1.29 is 19.8 Å². The average molecular weight is 777 g/mol. The van der Waals surface area contributed by atoms with E-state index < -0.39 is 11.9 Å². The van der Waals surface area contributed by atoms with Gasteiger partial charge in [-0.15, -0.1) is 0 Å². The van der Waals surface area contributed by atoms with Crippen LogP contribution in [-0.2, 0) is 9.59 Å². The van der Waals surface area contributed by atoms with Crippen LogP contribution in [0.25, 0.3) is 0 Å². The predicted octanol–water partition coefficient (Wildman–Crippen LogP) is 11.0. The van der Waals surface area contributed by atoms with Crippen LogP contribution in [0.3, 0.4) is 0 Å². The fourth-order valence-corrected chi connectivity index (χ4v) is 7.05. The summed E-state index contributed by atoms with van der Waals surface area (Å²) in [5.41, 5.74) is 0. The number of unbranched alkanes of at least 4 members (excludes halogenated alkanes) is 26. The number of carbonyl (C=O) groups is 2. The number of aliphatic carboxylic acids is 2. The maximum Gasteiger partial charge on any atom is 2.00 e. The van der Waals surface area contributed by atoms with E-state index in [1.807, 2.05) is 0 Å². The quantitative estimate of drug-likeness (QED) is 0.0453. The molecule has 0 N–H and O–H groups in total. The molecule has 0 saturated heterocycles. The van der Waals surface area contributed by atoms with Gasteiger partial charge in [-0.25, -0.2) is 0 Å². The van der Waals surface area contributed by atoms with Crippen molar-refractivity contribution in [3.63, 3.8) is 0 Å². The van der Waals surface area contributed by atoms with Crippen molar-refractivity contribution >= 4 is 49.7 Å². The Morgan fingerprint density at radius 3 is 0.660 bits per heavy atom. The molecular weight excluding hydrogens is 685 g/mol. The predicted molar refractivity (Wildman–Crippen MR) is 228 cm³/mol. The second-order valence-corrected chi connectivity index (χ2v) is 15.8. The number of hydrogen-bond acceptors (Lipinski definition) is 6. The van der Waals surface area contributed by atoms with Crippen molar-refractivity contribution in [1.29, 1.82) is 0 Å². The molecule has 0 spiro atoms. The zero-order valence-corrected chi connectivity index (χ0v) is 38.7. The monoisotopic (exact) mass is 777 g/mol. The SMILES string of the molecule is CCCCCCCCN(CCCCCCCC)CCCCCCC(=O)[O-].CCCCCCCCN(CCCCCCCC)CCCCCCC(=O)[O-].[Ca+2]. The number of carboxylic acid groups (broad SMARTS) is 2. The Hall–Kier alpha value is 0.120. The third-order valence-corrected chi connectivity index (χ3v) is 10.5. The molecule has 7 heteroatoms. The Morgan fingerprint density at radius 2 is 0.472 bits per heavy atom. The topological polar surface area (TPSA) is 86.7 Å². The van der Waals surface area contributed by atoms with E-state index in [9.17, 15) is 19.8 Å². The van der Waals surface area contributed by atoms with Gasteiger partial charge in [0.2, 0.25) is 0 Å². The standard InChI is InChI=1S/2C23H47NO2.Ca/c2*1-3-5-7-9-12-16-20-24(21-17-13-10-8-6-4-2)22-18-14-11-15-19-23(25)26;/h2*3-22H2,1-2H3,(H,25,26);/q;;+2/p-2. The molecule has 0 aliphatic heterocycles. The van der Waals surface area contributed by atoms with Crippen LogP contribution in [0, 0.1) is 0 Å². The smallest absolute Gasteiger partial charge is 0.550 e. The molecule has 0 fully saturated rings. The summed E-state index contributed by atoms with van der Waals surface area (Å²) in [5, 5.41) is 20.9. The van der Waals surface area contributed by atoms with E-state index >= 15 is 0 Å². The molecule has 0 radical (unpaired) electrons. The molecule has 0 atom stereocenters. The van der Waals surface area contributed by atoms with Crippen molar-refractivity contribution in [2.24, 2.45) is 0 Å². The second kappa shape index (κ2) is 50.1. The van der Waals surface area contributed by atoms with Gasteiger partial charge in [0.15, 0.2) is 0 Å². The van der Waals surface area contributed by atoms with Crippen LogP contribution >= 0.6 is 0 Å². The van der Waals surface area contributed by atoms with Gasteiger partial charge in [-0.2, -0.15) is 0 Å². The average Bonchev–Trinajstić information content (AvgIpc) is 3.12. The first-order valence-corrected chi connectivity index (χ1v) is 23.2. The Morgan fingerprint density at radius 1 is 0.302 bits per heavy atom. The molecule has 0 bridgehead atoms. The summed E-state index contributed by atoms with van der Waals surface area (Å²) in [7, 11) is 0. The molecule has 0 saturated carbocycles. The van der Waals surface area contributed by atoms with E-state index in [4.69, 9.17) is 0 Å². The summed E-state index contributed by atoms with van der Waals surface area (Å²) >= 11 is 0. The molecule has 0 aliphatic carbocycles. The summed E-state index contributed by atoms with van der Waals surface area (Å²) in [6.45, 7) is 16.5. The molecule has 0 amide bonds. The first-order chi connectivity index (χ1) is 25.4. The number of hydrogen-bond donors (Lipinski definition) is 0. The number of carboxylic acids is 2. The van der Waals surface area contributed by atoms with Gasteiger partial charge in [0.05, 0.1) is 0 Å². The number of nitrogens with zero attached hydrogens (tertiary/aromatic N) is 2. The summed E-state index contributed by atoms with van der Waals surface area (Å²) in [6, 6.07) is 0. The van der Waals surface area contributed by atoms with Crippen molar-refractivity contribution in [2.75, 3.05) is 39.3 Å². The minimum absolute atomic E-state index is 0. The Bertz CT molecular complexity index is 621. The van der Waals surface area contributed by atoms with E-state index in [0.29, 0.717) is 0 Å². The maximum absolute atomic E-state index is 10.4. The molecule has 0 aliphatic rings. The molecule has 0 heterocycles. The van der Waals surface area contributed by atoms with Crippen molar-refractivity contribution in [1.82, 2.24) is 9.80 Å². The molecule has 53 heavy (non-hydrogen) atoms. The first kappa shape index (κ1) is 57.4. The number of carbonyl (C=O) groups excluding carboxylic acids is 2. The summed E-state index contributed by atoms with van der Waals surface area (Å²) in [6.07, 6.45) is 41.6. The van der Waals surface area contributed by atoms with E-state index in [-0.39, 0.29) is 50.6 Å². The van der Waals surface area contributed by atoms with Crippen LogP contribution in [0.2, 0.25) is 0 Å². The summed E-state index contributed by atoms with van der Waals surface area (Å²) < 4.78 is 0. The van der Waals surface area contributed by atoms with E-state index in [2.05, 4.69) is 37.5 Å². The van der Waals surface area contributed by atoms with E-state index in [0.717, 1.165) is 38.5 Å². The van der Waals surface area contributed by atoms with Crippen molar-refractivity contribution in [3.8, 4) is 0 Å². The van der Waals surface area contributed by atoms with Crippen LogP contribution in [0.1, 0.15) is 246 Å². The molecule has 6 nitrogen and oxygen atoms in total. The Balaban J connectivity index is -0.000000926. The van der Waals surface area contributed by atoms with Gasteiger partial charge >= 0.3 is 37.7 Å². The Kier molecular flexibility index (Phi) is 54.3. The van der Waals surface area contributed by atoms with Gasteiger partial charge < -0.3 is 29.6 Å². The van der Waals surface area contributed by atoms with Crippen LogP contribution in [0.4, 0.5) is 0 Å². The molecule has 0 aromatic heterocycles. The Labute approximate surface area is 362 Å². The van der Waals surface area contributed by atoms with Crippen molar-refractivity contribution in [3.05, 3.63) is 0 Å². The number of rotatable bonds is 42. The van der Waals surface area contributed by atoms with E-state index in [1.54, 1.807) is 0 Å². The van der Waals surface area contributed by atoms with Gasteiger partial charge in [-0.3, -0.25) is 0 Å². The third-order valence-electron chi connectivity index (χ3n) is 10.5. The van der Waals surface area contributed by atoms with E-state index in [1.165, 1.54) is 206 Å². The molecule has 0 aromatic rings. The third kappa shape index (κ3) is 52.1. The zero-order valence-electron chi connectivity index (χ0n) is 36.5. The maximum atomic E-state index is 10.4. The summed E-state index contributed by atoms with van der Waals surface area (Å²) in [5.74, 6) is -1.81. The molecule has 0 rings (SSSR count). The van der Waals surface area contributed by atoms with Crippen molar-refractivity contribution in [2.45, 2.75) is 246 Å². The van der Waals surface area contributed by atoms with Gasteiger partial charge in [0.25, 0.3) is 0 Å². The fraction of sp³-hybridized carbons (Fsp3) is 0.957. The minimum atomic E-state index is -0.905. The molecule has 312 valence electrons. The summed E-state index contributed by atoms with van der Waals surface area (Å²) in [4.78, 5) is 26.2.